The summed E-state index contributed by atoms with van der Waals surface area (Å²) in [4.78, 5) is 19.3. The third-order valence-corrected chi connectivity index (χ3v) is 5.12. The number of aromatic nitrogens is 1. The lowest BCUT2D eigenvalue weighted by molar-refractivity contribution is -0.134. The van der Waals surface area contributed by atoms with Crippen LogP contribution in [-0.2, 0) is 11.2 Å². The van der Waals surface area contributed by atoms with E-state index in [4.69, 9.17) is 11.0 Å². The van der Waals surface area contributed by atoms with Crippen LogP contribution in [0.1, 0.15) is 35.8 Å². The van der Waals surface area contributed by atoms with Crippen LogP contribution in [0.4, 0.5) is 0 Å². The Morgan fingerprint density at radius 3 is 3.08 bits per heavy atom. The van der Waals surface area contributed by atoms with Crippen LogP contribution in [-0.4, -0.2) is 53.4 Å². The van der Waals surface area contributed by atoms with E-state index >= 15 is 0 Å². The standard InChI is InChI=1S/C20H25N3O/c1-4-23(5-2)20(24)14-9-16-15-7-6-8-17-19(15)13(11-21-17)10-18(16)22(3)12-14/h6-9,11,14,18,21H,4-5,10,12H2,1-3H3/t14-,18-/m1/s1/i1D3,2D3,6D,11D. The van der Waals surface area contributed by atoms with Crippen LogP contribution >= 0.6 is 0 Å². The maximum Gasteiger partial charge on any atom is 0.230 e. The molecule has 0 unspecified atom stereocenters. The number of hydrogen-bond donors (Lipinski definition) is 1. The second kappa shape index (κ2) is 5.78. The topological polar surface area (TPSA) is 39.3 Å². The van der Waals surface area contributed by atoms with Gasteiger partial charge in [-0.3, -0.25) is 9.69 Å². The molecule has 1 N–H and O–H groups in total. The minimum Gasteiger partial charge on any atom is -0.361 e. The van der Waals surface area contributed by atoms with E-state index in [9.17, 15) is 4.79 Å². The number of carbonyl (C=O) groups excluding carboxylic acids is 1. The summed E-state index contributed by atoms with van der Waals surface area (Å²) >= 11 is 0. The van der Waals surface area contributed by atoms with E-state index in [-0.39, 0.29) is 12.1 Å². The van der Waals surface area contributed by atoms with Crippen molar-refractivity contribution in [3.05, 3.63) is 41.6 Å². The number of aromatic amines is 1. The molecule has 0 saturated heterocycles. The van der Waals surface area contributed by atoms with E-state index in [2.05, 4.69) is 4.98 Å². The SMILES string of the molecule is [2H]c1cc2c3c(c([2H])[nH]c3c1)C[C@@H]1C2=C[C@@H](C(=O)N(CC([2H])([2H])[2H])CC([2H])([2H])[2H])CN1C. The summed E-state index contributed by atoms with van der Waals surface area (Å²) in [7, 11) is 1.86. The average molecular weight is 331 g/mol. The Balaban J connectivity index is 1.76. The van der Waals surface area contributed by atoms with Gasteiger partial charge in [-0.05, 0) is 49.9 Å². The molecule has 0 bridgehead atoms. The van der Waals surface area contributed by atoms with E-state index < -0.39 is 38.6 Å². The minimum atomic E-state index is -2.47. The number of H-pyrrole nitrogens is 1. The number of fused-ring (bicyclic) bond motifs is 2. The maximum atomic E-state index is 13.3. The molecule has 1 aliphatic heterocycles. The van der Waals surface area contributed by atoms with E-state index in [0.717, 1.165) is 27.0 Å². The fourth-order valence-corrected chi connectivity index (χ4v) is 3.89. The minimum absolute atomic E-state index is 0.0878. The normalized spacial score (nSPS) is 29.0. The lowest BCUT2D eigenvalue weighted by Crippen LogP contribution is -2.47. The number of amides is 1. The molecule has 1 aromatic carbocycles. The molecule has 1 aromatic heterocycles. The van der Waals surface area contributed by atoms with Crippen LogP contribution < -0.4 is 0 Å². The predicted octanol–water partition coefficient (Wildman–Crippen LogP) is 2.91. The molecule has 1 aliphatic carbocycles. The molecule has 0 spiro atoms. The first-order valence-electron chi connectivity index (χ1n) is 12.1. The van der Waals surface area contributed by atoms with Gasteiger partial charge in [0.15, 0.2) is 0 Å². The highest BCUT2D eigenvalue weighted by molar-refractivity contribution is 5.99. The summed E-state index contributed by atoms with van der Waals surface area (Å²) < 4.78 is 61.7. The van der Waals surface area contributed by atoms with Gasteiger partial charge in [0.05, 0.1) is 8.66 Å². The van der Waals surface area contributed by atoms with Crippen molar-refractivity contribution in [2.75, 3.05) is 26.7 Å². The first kappa shape index (κ1) is 8.86. The summed E-state index contributed by atoms with van der Waals surface area (Å²) in [5.41, 5.74) is 3.22. The van der Waals surface area contributed by atoms with Crippen molar-refractivity contribution in [1.82, 2.24) is 14.8 Å². The highest BCUT2D eigenvalue weighted by Crippen LogP contribution is 2.40. The zero-order valence-electron chi connectivity index (χ0n) is 21.5. The molecule has 1 amide bonds. The first-order chi connectivity index (χ1) is 14.7. The van der Waals surface area contributed by atoms with Gasteiger partial charge in [0, 0.05) is 51.0 Å². The second-order valence-electron chi connectivity index (χ2n) is 6.47. The van der Waals surface area contributed by atoms with E-state index in [1.807, 2.05) is 11.9 Å². The third-order valence-electron chi connectivity index (χ3n) is 5.12. The number of benzene rings is 1. The van der Waals surface area contributed by atoms with E-state index in [1.165, 1.54) is 0 Å². The van der Waals surface area contributed by atoms with Gasteiger partial charge in [-0.2, -0.15) is 0 Å². The van der Waals surface area contributed by atoms with Crippen molar-refractivity contribution >= 4 is 22.4 Å². The number of nitrogens with zero attached hydrogens (tertiary/aromatic N) is 2. The van der Waals surface area contributed by atoms with Crippen molar-refractivity contribution < 1.29 is 15.8 Å². The lowest BCUT2D eigenvalue weighted by atomic mass is 9.79. The molecule has 2 atom stereocenters. The lowest BCUT2D eigenvalue weighted by Gasteiger charge is -2.40. The van der Waals surface area contributed by atoms with Crippen LogP contribution in [0.2, 0.25) is 0 Å². The van der Waals surface area contributed by atoms with Gasteiger partial charge >= 0.3 is 0 Å². The van der Waals surface area contributed by atoms with Crippen molar-refractivity contribution in [2.45, 2.75) is 26.2 Å². The van der Waals surface area contributed by atoms with Gasteiger partial charge in [-0.25, -0.2) is 0 Å². The number of likely N-dealkylation sites (N-methyl/N-ethyl adjacent to an activating group) is 1. The molecule has 4 rings (SSSR count). The fraction of sp³-hybridized carbons (Fsp3) is 0.450. The molecule has 0 fully saturated rings. The molecule has 126 valence electrons. The molecule has 2 aromatic rings. The monoisotopic (exact) mass is 331 g/mol. The first-order valence-corrected chi connectivity index (χ1v) is 8.06. The molecule has 0 radical (unpaired) electrons. The van der Waals surface area contributed by atoms with Gasteiger partial charge in [-0.15, -0.1) is 0 Å². The number of nitrogens with one attached hydrogen (secondary N) is 1. The molecular weight excluding hydrogens is 298 g/mol. The van der Waals surface area contributed by atoms with Crippen molar-refractivity contribution in [2.24, 2.45) is 5.92 Å². The third kappa shape index (κ3) is 2.20. The van der Waals surface area contributed by atoms with Gasteiger partial charge in [0.2, 0.25) is 5.91 Å². The zero-order valence-corrected chi connectivity index (χ0v) is 13.5. The largest absolute Gasteiger partial charge is 0.361 e. The van der Waals surface area contributed by atoms with E-state index in [0.29, 0.717) is 24.7 Å². The van der Waals surface area contributed by atoms with Gasteiger partial charge < -0.3 is 9.88 Å². The Morgan fingerprint density at radius 2 is 2.29 bits per heavy atom. The second-order valence-corrected chi connectivity index (χ2v) is 6.47. The van der Waals surface area contributed by atoms with Gasteiger partial charge in [0.1, 0.15) is 0 Å². The van der Waals surface area contributed by atoms with Crippen LogP contribution in [0, 0.1) is 5.92 Å². The van der Waals surface area contributed by atoms with Crippen LogP contribution in [0.5, 0.6) is 0 Å². The molecule has 2 heterocycles. The predicted molar refractivity (Wildman–Crippen MR) is 97.8 cm³/mol. The summed E-state index contributed by atoms with van der Waals surface area (Å²) in [6.45, 7) is -5.90. The van der Waals surface area contributed by atoms with Crippen molar-refractivity contribution in [1.29, 1.82) is 0 Å². The van der Waals surface area contributed by atoms with Crippen molar-refractivity contribution in [3.63, 3.8) is 0 Å². The average Bonchev–Trinajstić information content (AvgIpc) is 2.94. The highest BCUT2D eigenvalue weighted by atomic mass is 16.2. The number of rotatable bonds is 3. The Hall–Kier alpha value is -2.07. The molecule has 24 heavy (non-hydrogen) atoms. The van der Waals surface area contributed by atoms with Gasteiger partial charge in [-0.1, -0.05) is 18.2 Å². The smallest absolute Gasteiger partial charge is 0.230 e. The Kier molecular flexibility index (Phi) is 2.13. The van der Waals surface area contributed by atoms with Crippen molar-refractivity contribution in [3.8, 4) is 0 Å². The quantitative estimate of drug-likeness (QED) is 0.939. The van der Waals surface area contributed by atoms with Crippen LogP contribution in [0.25, 0.3) is 16.5 Å². The summed E-state index contributed by atoms with van der Waals surface area (Å²) in [5.74, 6) is -1.24. The molecule has 0 saturated carbocycles. The fourth-order valence-electron chi connectivity index (χ4n) is 3.89. The number of hydrogen-bond acceptors (Lipinski definition) is 2. The molecular formula is C20H25N3O. The maximum absolute atomic E-state index is 13.3. The van der Waals surface area contributed by atoms with Gasteiger partial charge in [0.25, 0.3) is 0 Å². The summed E-state index contributed by atoms with van der Waals surface area (Å²) in [6, 6.07) is 3.59. The zero-order chi connectivity index (χ0) is 23.6. The van der Waals surface area contributed by atoms with E-state index in [1.54, 1.807) is 18.2 Å². The summed E-state index contributed by atoms with van der Waals surface area (Å²) in [6.07, 6.45) is 2.70. The molecule has 2 aliphatic rings. The molecule has 4 heteroatoms. The van der Waals surface area contributed by atoms with Crippen LogP contribution in [0.15, 0.2) is 30.4 Å². The Morgan fingerprint density at radius 1 is 1.46 bits per heavy atom. The van der Waals surface area contributed by atoms with Crippen LogP contribution in [0.3, 0.4) is 0 Å². The molecule has 4 nitrogen and oxygen atoms in total. The number of carbonyl (C=O) groups is 1. The Labute approximate surface area is 154 Å². The summed E-state index contributed by atoms with van der Waals surface area (Å²) in [5, 5.41) is 0.872. The highest BCUT2D eigenvalue weighted by Gasteiger charge is 2.36. The Bertz CT molecular complexity index is 1080.